The van der Waals surface area contributed by atoms with Crippen molar-refractivity contribution in [2.45, 2.75) is 26.3 Å². The summed E-state index contributed by atoms with van der Waals surface area (Å²) in [5, 5.41) is 3.24. The Bertz CT molecular complexity index is 398. The minimum absolute atomic E-state index is 0. The predicted octanol–water partition coefficient (Wildman–Crippen LogP) is 0.650. The number of fused-ring (bicyclic) bond motifs is 1. The zero-order valence-electron chi connectivity index (χ0n) is 9.73. The van der Waals surface area contributed by atoms with Gasteiger partial charge in [0.2, 0.25) is 0 Å². The average molecular weight is 258 g/mol. The van der Waals surface area contributed by atoms with E-state index in [1.807, 2.05) is 0 Å². The molecule has 17 heavy (non-hydrogen) atoms. The SMILES string of the molecule is CCOC(=O)Cc1ncnc2c1CCNC2.Cl. The fourth-order valence-electron chi connectivity index (χ4n) is 1.85. The van der Waals surface area contributed by atoms with Gasteiger partial charge in [0.25, 0.3) is 0 Å². The molecule has 1 aromatic heterocycles. The number of aromatic nitrogens is 2. The lowest BCUT2D eigenvalue weighted by Gasteiger charge is -2.17. The van der Waals surface area contributed by atoms with Gasteiger partial charge in [-0.3, -0.25) is 4.79 Å². The Morgan fingerprint density at radius 2 is 2.35 bits per heavy atom. The van der Waals surface area contributed by atoms with E-state index in [0.29, 0.717) is 6.61 Å². The molecule has 0 saturated heterocycles. The Hall–Kier alpha value is -1.20. The van der Waals surface area contributed by atoms with Gasteiger partial charge in [0.1, 0.15) is 6.33 Å². The summed E-state index contributed by atoms with van der Waals surface area (Å²) in [6.45, 7) is 3.88. The van der Waals surface area contributed by atoms with Crippen molar-refractivity contribution in [2.24, 2.45) is 0 Å². The lowest BCUT2D eigenvalue weighted by Crippen LogP contribution is -2.27. The molecule has 1 N–H and O–H groups in total. The van der Waals surface area contributed by atoms with Crippen molar-refractivity contribution in [3.05, 3.63) is 23.3 Å². The number of esters is 1. The first-order valence-electron chi connectivity index (χ1n) is 5.49. The molecule has 94 valence electrons. The molecule has 0 aromatic carbocycles. The molecule has 0 fully saturated rings. The molecule has 0 atom stereocenters. The number of carbonyl (C=O) groups is 1. The Kier molecular flexibility index (Phi) is 5.31. The predicted molar refractivity (Wildman–Crippen MR) is 65.0 cm³/mol. The van der Waals surface area contributed by atoms with Crippen LogP contribution in [-0.4, -0.2) is 29.1 Å². The van der Waals surface area contributed by atoms with E-state index in [4.69, 9.17) is 4.74 Å². The topological polar surface area (TPSA) is 64.1 Å². The van der Waals surface area contributed by atoms with E-state index < -0.39 is 0 Å². The standard InChI is InChI=1S/C11H15N3O2.ClH/c1-2-16-11(15)5-9-8-3-4-12-6-10(8)14-7-13-9;/h7,12H,2-6H2,1H3;1H. The highest BCUT2D eigenvalue weighted by molar-refractivity contribution is 5.85. The van der Waals surface area contributed by atoms with Crippen molar-refractivity contribution < 1.29 is 9.53 Å². The Morgan fingerprint density at radius 3 is 3.12 bits per heavy atom. The number of nitrogens with one attached hydrogen (secondary N) is 1. The molecule has 0 unspecified atom stereocenters. The zero-order valence-corrected chi connectivity index (χ0v) is 10.5. The molecular weight excluding hydrogens is 242 g/mol. The number of ether oxygens (including phenoxy) is 1. The van der Waals surface area contributed by atoms with Crippen LogP contribution in [0.2, 0.25) is 0 Å². The van der Waals surface area contributed by atoms with E-state index in [9.17, 15) is 4.79 Å². The van der Waals surface area contributed by atoms with E-state index in [-0.39, 0.29) is 24.8 Å². The van der Waals surface area contributed by atoms with Crippen molar-refractivity contribution in [3.8, 4) is 0 Å². The highest BCUT2D eigenvalue weighted by Crippen LogP contribution is 2.14. The number of hydrogen-bond donors (Lipinski definition) is 1. The summed E-state index contributed by atoms with van der Waals surface area (Å²) >= 11 is 0. The lowest BCUT2D eigenvalue weighted by atomic mass is 10.0. The maximum absolute atomic E-state index is 11.4. The van der Waals surface area contributed by atoms with Crippen LogP contribution in [0, 0.1) is 0 Å². The van der Waals surface area contributed by atoms with Crippen LogP contribution in [0.1, 0.15) is 23.9 Å². The van der Waals surface area contributed by atoms with Crippen molar-refractivity contribution in [1.29, 1.82) is 0 Å². The van der Waals surface area contributed by atoms with Crippen molar-refractivity contribution in [2.75, 3.05) is 13.2 Å². The second-order valence-electron chi connectivity index (χ2n) is 3.65. The van der Waals surface area contributed by atoms with Gasteiger partial charge in [-0.25, -0.2) is 9.97 Å². The number of halogens is 1. The minimum Gasteiger partial charge on any atom is -0.466 e. The number of hydrogen-bond acceptors (Lipinski definition) is 5. The molecule has 0 spiro atoms. The molecule has 5 nitrogen and oxygen atoms in total. The summed E-state index contributed by atoms with van der Waals surface area (Å²) in [4.78, 5) is 19.8. The third-order valence-corrected chi connectivity index (χ3v) is 2.59. The Morgan fingerprint density at radius 1 is 1.53 bits per heavy atom. The van der Waals surface area contributed by atoms with E-state index in [1.165, 1.54) is 6.33 Å². The monoisotopic (exact) mass is 257 g/mol. The molecule has 0 radical (unpaired) electrons. The molecule has 0 saturated carbocycles. The molecule has 1 aromatic rings. The van der Waals surface area contributed by atoms with Gasteiger partial charge in [-0.1, -0.05) is 0 Å². The molecule has 6 heteroatoms. The highest BCUT2D eigenvalue weighted by Gasteiger charge is 2.17. The summed E-state index contributed by atoms with van der Waals surface area (Å²) in [5.41, 5.74) is 2.92. The van der Waals surface area contributed by atoms with Crippen LogP contribution < -0.4 is 5.32 Å². The van der Waals surface area contributed by atoms with Gasteiger partial charge in [0, 0.05) is 6.54 Å². The summed E-state index contributed by atoms with van der Waals surface area (Å²) in [6, 6.07) is 0. The van der Waals surface area contributed by atoms with Gasteiger partial charge in [0.05, 0.1) is 24.4 Å². The van der Waals surface area contributed by atoms with Crippen LogP contribution in [0.3, 0.4) is 0 Å². The molecular formula is C11H16ClN3O2. The summed E-state index contributed by atoms with van der Waals surface area (Å²) in [6.07, 6.45) is 2.64. The van der Waals surface area contributed by atoms with Crippen molar-refractivity contribution >= 4 is 18.4 Å². The normalized spacial score (nSPS) is 13.5. The van der Waals surface area contributed by atoms with Crippen LogP contribution in [0.5, 0.6) is 0 Å². The Labute approximate surface area is 106 Å². The fourth-order valence-corrected chi connectivity index (χ4v) is 1.85. The van der Waals surface area contributed by atoms with Gasteiger partial charge in [-0.15, -0.1) is 12.4 Å². The smallest absolute Gasteiger partial charge is 0.311 e. The molecule has 2 rings (SSSR count). The summed E-state index contributed by atoms with van der Waals surface area (Å²) < 4.78 is 4.92. The number of nitrogens with zero attached hydrogens (tertiary/aromatic N) is 2. The molecule has 0 aliphatic carbocycles. The van der Waals surface area contributed by atoms with Crippen molar-refractivity contribution in [3.63, 3.8) is 0 Å². The zero-order chi connectivity index (χ0) is 11.4. The maximum Gasteiger partial charge on any atom is 0.311 e. The minimum atomic E-state index is -0.220. The van der Waals surface area contributed by atoms with Gasteiger partial charge >= 0.3 is 5.97 Å². The third kappa shape index (κ3) is 3.38. The van der Waals surface area contributed by atoms with Gasteiger partial charge in [0.15, 0.2) is 0 Å². The first-order valence-corrected chi connectivity index (χ1v) is 5.49. The maximum atomic E-state index is 11.4. The number of rotatable bonds is 3. The van der Waals surface area contributed by atoms with Gasteiger partial charge < -0.3 is 10.1 Å². The number of carbonyl (C=O) groups excluding carboxylic acids is 1. The van der Waals surface area contributed by atoms with Gasteiger partial charge in [-0.05, 0) is 25.5 Å². The molecule has 1 aliphatic rings. The average Bonchev–Trinajstić information content (AvgIpc) is 2.30. The van der Waals surface area contributed by atoms with E-state index in [0.717, 1.165) is 36.5 Å². The van der Waals surface area contributed by atoms with E-state index in [1.54, 1.807) is 6.92 Å². The largest absolute Gasteiger partial charge is 0.466 e. The van der Waals surface area contributed by atoms with Crippen molar-refractivity contribution in [1.82, 2.24) is 15.3 Å². The van der Waals surface area contributed by atoms with Crippen LogP contribution in [-0.2, 0) is 28.9 Å². The third-order valence-electron chi connectivity index (χ3n) is 2.59. The summed E-state index contributed by atoms with van der Waals surface area (Å²) in [7, 11) is 0. The first kappa shape index (κ1) is 13.9. The molecule has 0 amide bonds. The highest BCUT2D eigenvalue weighted by atomic mass is 35.5. The molecule has 0 bridgehead atoms. The van der Waals surface area contributed by atoms with Crippen LogP contribution >= 0.6 is 12.4 Å². The van der Waals surface area contributed by atoms with Crippen LogP contribution in [0.25, 0.3) is 0 Å². The fraction of sp³-hybridized carbons (Fsp3) is 0.545. The van der Waals surface area contributed by atoms with Crippen LogP contribution in [0.4, 0.5) is 0 Å². The second kappa shape index (κ2) is 6.51. The van der Waals surface area contributed by atoms with E-state index >= 15 is 0 Å². The second-order valence-corrected chi connectivity index (χ2v) is 3.65. The first-order chi connectivity index (χ1) is 7.81. The molecule has 1 aliphatic heterocycles. The lowest BCUT2D eigenvalue weighted by molar-refractivity contribution is -0.142. The van der Waals surface area contributed by atoms with Crippen LogP contribution in [0.15, 0.2) is 6.33 Å². The quantitative estimate of drug-likeness (QED) is 0.806. The Balaban J connectivity index is 0.00000144. The summed E-state index contributed by atoms with van der Waals surface area (Å²) in [5.74, 6) is -0.220. The van der Waals surface area contributed by atoms with Gasteiger partial charge in [-0.2, -0.15) is 0 Å². The molecule has 2 heterocycles. The van der Waals surface area contributed by atoms with E-state index in [2.05, 4.69) is 15.3 Å².